The molecule has 1 atom stereocenters. The number of rotatable bonds is 3. The van der Waals surface area contributed by atoms with E-state index in [0.717, 1.165) is 22.6 Å². The summed E-state index contributed by atoms with van der Waals surface area (Å²) in [6, 6.07) is 18.6. The molecule has 0 aliphatic rings. The summed E-state index contributed by atoms with van der Waals surface area (Å²) in [5.74, 6) is 0.180. The molecule has 0 radical (unpaired) electrons. The Balaban J connectivity index is 2.00. The van der Waals surface area contributed by atoms with Crippen LogP contribution in [0.15, 0.2) is 60.8 Å². The minimum atomic E-state index is 0.180. The predicted octanol–water partition coefficient (Wildman–Crippen LogP) is 4.87. The monoisotopic (exact) mass is 335 g/mol. The van der Waals surface area contributed by atoms with Gasteiger partial charge in [0, 0.05) is 24.2 Å². The van der Waals surface area contributed by atoms with Crippen molar-refractivity contribution in [3.63, 3.8) is 0 Å². The van der Waals surface area contributed by atoms with Gasteiger partial charge in [0.2, 0.25) is 0 Å². The van der Waals surface area contributed by atoms with Crippen molar-refractivity contribution in [3.05, 3.63) is 71.5 Å². The van der Waals surface area contributed by atoms with Crippen molar-refractivity contribution in [2.45, 2.75) is 12.8 Å². The molecule has 2 N–H and O–H groups in total. The van der Waals surface area contributed by atoms with Crippen molar-refractivity contribution in [3.8, 4) is 11.3 Å². The number of benzene rings is 2. The van der Waals surface area contributed by atoms with E-state index in [2.05, 4.69) is 53.8 Å². The van der Waals surface area contributed by atoms with Gasteiger partial charge in [-0.2, -0.15) is 0 Å². The van der Waals surface area contributed by atoms with Crippen LogP contribution < -0.4 is 5.73 Å². The van der Waals surface area contributed by atoms with Gasteiger partial charge in [0.1, 0.15) is 5.65 Å². The molecule has 0 saturated heterocycles. The molecular weight excluding hydrogens is 318 g/mol. The molecule has 3 nitrogen and oxygen atoms in total. The van der Waals surface area contributed by atoms with Crippen LogP contribution in [0.1, 0.15) is 18.5 Å². The van der Waals surface area contributed by atoms with E-state index >= 15 is 0 Å². The van der Waals surface area contributed by atoms with Crippen molar-refractivity contribution in [2.24, 2.45) is 5.73 Å². The van der Waals surface area contributed by atoms with Crippen LogP contribution in [-0.4, -0.2) is 15.9 Å². The van der Waals surface area contributed by atoms with E-state index in [1.165, 1.54) is 10.8 Å². The molecule has 0 aliphatic carbocycles. The normalized spacial score (nSPS) is 12.8. The van der Waals surface area contributed by atoms with Crippen molar-refractivity contribution < 1.29 is 0 Å². The zero-order valence-electron chi connectivity index (χ0n) is 13.4. The maximum absolute atomic E-state index is 6.19. The first kappa shape index (κ1) is 15.2. The number of pyridine rings is 1. The lowest BCUT2D eigenvalue weighted by Crippen LogP contribution is -2.12. The zero-order valence-corrected chi connectivity index (χ0v) is 14.2. The summed E-state index contributed by atoms with van der Waals surface area (Å²) < 4.78 is 2.06. The fourth-order valence-corrected chi connectivity index (χ4v) is 3.33. The lowest BCUT2D eigenvalue weighted by atomic mass is 9.99. The second kappa shape index (κ2) is 5.93. The zero-order chi connectivity index (χ0) is 16.7. The first-order chi connectivity index (χ1) is 11.7. The van der Waals surface area contributed by atoms with Gasteiger partial charge in [-0.3, -0.25) is 0 Å². The summed E-state index contributed by atoms with van der Waals surface area (Å²) in [6.07, 6.45) is 1.91. The van der Waals surface area contributed by atoms with Gasteiger partial charge in [-0.25, -0.2) is 4.98 Å². The molecule has 0 saturated carbocycles. The van der Waals surface area contributed by atoms with Crippen LogP contribution in [0, 0.1) is 0 Å². The first-order valence-electron chi connectivity index (χ1n) is 8.04. The Morgan fingerprint density at radius 2 is 1.88 bits per heavy atom. The Morgan fingerprint density at radius 1 is 1.08 bits per heavy atom. The van der Waals surface area contributed by atoms with Crippen LogP contribution in [0.5, 0.6) is 0 Å². The van der Waals surface area contributed by atoms with E-state index in [-0.39, 0.29) is 5.92 Å². The molecule has 1 unspecified atom stereocenters. The Bertz CT molecular complexity index is 1040. The smallest absolute Gasteiger partial charge is 0.137 e. The minimum absolute atomic E-state index is 0.180. The molecule has 4 aromatic rings. The van der Waals surface area contributed by atoms with Crippen LogP contribution in [0.4, 0.5) is 0 Å². The van der Waals surface area contributed by atoms with Crippen LogP contribution in [0.2, 0.25) is 5.02 Å². The molecule has 24 heavy (non-hydrogen) atoms. The number of hydrogen-bond acceptors (Lipinski definition) is 2. The molecule has 4 rings (SSSR count). The predicted molar refractivity (Wildman–Crippen MR) is 101 cm³/mol. The number of aromatic nitrogens is 2. The molecule has 120 valence electrons. The van der Waals surface area contributed by atoms with E-state index < -0.39 is 0 Å². The molecule has 0 fully saturated rings. The summed E-state index contributed by atoms with van der Waals surface area (Å²) in [5.41, 5.74) is 10.0. The summed E-state index contributed by atoms with van der Waals surface area (Å²) >= 11 is 6.19. The number of nitrogens with zero attached hydrogens (tertiary/aromatic N) is 2. The Labute approximate surface area is 145 Å². The van der Waals surface area contributed by atoms with Gasteiger partial charge in [-0.1, -0.05) is 54.9 Å². The fraction of sp³-hybridized carbons (Fsp3) is 0.150. The van der Waals surface area contributed by atoms with E-state index in [9.17, 15) is 0 Å². The van der Waals surface area contributed by atoms with E-state index in [4.69, 9.17) is 22.3 Å². The Morgan fingerprint density at radius 3 is 2.67 bits per heavy atom. The second-order valence-electron chi connectivity index (χ2n) is 6.12. The van der Waals surface area contributed by atoms with Crippen LogP contribution in [-0.2, 0) is 0 Å². The Kier molecular flexibility index (Phi) is 3.75. The number of fused-ring (bicyclic) bond motifs is 2. The van der Waals surface area contributed by atoms with E-state index in [0.29, 0.717) is 11.6 Å². The van der Waals surface area contributed by atoms with Gasteiger partial charge >= 0.3 is 0 Å². The molecule has 2 aromatic heterocycles. The van der Waals surface area contributed by atoms with Crippen molar-refractivity contribution in [1.82, 2.24) is 9.38 Å². The second-order valence-corrected chi connectivity index (χ2v) is 6.56. The summed E-state index contributed by atoms with van der Waals surface area (Å²) in [4.78, 5) is 4.85. The molecule has 2 heterocycles. The van der Waals surface area contributed by atoms with Crippen LogP contribution in [0.3, 0.4) is 0 Å². The Hall–Kier alpha value is -2.36. The third kappa shape index (κ3) is 2.46. The summed E-state index contributed by atoms with van der Waals surface area (Å²) in [6.45, 7) is 2.68. The maximum atomic E-state index is 6.19. The van der Waals surface area contributed by atoms with Crippen molar-refractivity contribution in [2.75, 3.05) is 6.54 Å². The summed E-state index contributed by atoms with van der Waals surface area (Å²) in [7, 11) is 0. The lowest BCUT2D eigenvalue weighted by Gasteiger charge is -2.12. The summed E-state index contributed by atoms with van der Waals surface area (Å²) in [5, 5.41) is 3.12. The van der Waals surface area contributed by atoms with E-state index in [1.807, 2.05) is 18.3 Å². The van der Waals surface area contributed by atoms with Crippen LogP contribution in [0.25, 0.3) is 27.7 Å². The number of hydrogen-bond donors (Lipinski definition) is 1. The third-order valence-corrected chi connectivity index (χ3v) is 4.69. The molecule has 4 heteroatoms. The van der Waals surface area contributed by atoms with Gasteiger partial charge in [0.05, 0.1) is 16.4 Å². The SMILES string of the molecule is CC(CN)c1c(-c2ccc3ccccc3c2)nc2ccc(Cl)cn12. The topological polar surface area (TPSA) is 43.3 Å². The molecule has 0 aliphatic heterocycles. The number of imidazole rings is 1. The lowest BCUT2D eigenvalue weighted by molar-refractivity contribution is 0.738. The van der Waals surface area contributed by atoms with Gasteiger partial charge in [0.25, 0.3) is 0 Å². The molecule has 2 aromatic carbocycles. The molecular formula is C20H18ClN3. The van der Waals surface area contributed by atoms with E-state index in [1.54, 1.807) is 0 Å². The average Bonchev–Trinajstić information content (AvgIpc) is 2.99. The highest BCUT2D eigenvalue weighted by Gasteiger charge is 2.19. The average molecular weight is 336 g/mol. The van der Waals surface area contributed by atoms with Gasteiger partial charge in [-0.05, 0) is 29.0 Å². The quantitative estimate of drug-likeness (QED) is 0.580. The molecule has 0 amide bonds. The first-order valence-corrected chi connectivity index (χ1v) is 8.42. The highest BCUT2D eigenvalue weighted by Crippen LogP contribution is 2.32. The van der Waals surface area contributed by atoms with Gasteiger partial charge in [0.15, 0.2) is 0 Å². The number of halogens is 1. The third-order valence-electron chi connectivity index (χ3n) is 4.46. The number of nitrogens with two attached hydrogens (primary N) is 1. The van der Waals surface area contributed by atoms with Gasteiger partial charge in [-0.15, -0.1) is 0 Å². The highest BCUT2D eigenvalue weighted by atomic mass is 35.5. The maximum Gasteiger partial charge on any atom is 0.137 e. The fourth-order valence-electron chi connectivity index (χ4n) is 3.17. The minimum Gasteiger partial charge on any atom is -0.330 e. The molecule has 0 spiro atoms. The van der Waals surface area contributed by atoms with Crippen LogP contribution >= 0.6 is 11.6 Å². The van der Waals surface area contributed by atoms with Crippen molar-refractivity contribution >= 4 is 28.0 Å². The molecule has 0 bridgehead atoms. The van der Waals surface area contributed by atoms with Gasteiger partial charge < -0.3 is 10.1 Å². The highest BCUT2D eigenvalue weighted by molar-refractivity contribution is 6.30. The van der Waals surface area contributed by atoms with Crippen molar-refractivity contribution in [1.29, 1.82) is 0 Å². The standard InChI is InChI=1S/C20H18ClN3/c1-13(11-22)20-19(23-18-9-8-17(21)12-24(18)20)16-7-6-14-4-2-3-5-15(14)10-16/h2-10,12-13H,11,22H2,1H3. The largest absolute Gasteiger partial charge is 0.330 e.